The van der Waals surface area contributed by atoms with Gasteiger partial charge in [0.25, 0.3) is 5.56 Å². The van der Waals surface area contributed by atoms with Crippen molar-refractivity contribution < 1.29 is 4.74 Å². The Hall–Kier alpha value is -2.10. The zero-order chi connectivity index (χ0) is 13.1. The minimum atomic E-state index is -0.148. The van der Waals surface area contributed by atoms with Gasteiger partial charge in [-0.3, -0.25) is 4.79 Å². The molecule has 18 heavy (non-hydrogen) atoms. The fourth-order valence-electron chi connectivity index (χ4n) is 1.83. The van der Waals surface area contributed by atoms with Crippen molar-refractivity contribution in [3.05, 3.63) is 45.7 Å². The quantitative estimate of drug-likeness (QED) is 0.902. The molecule has 0 amide bonds. The van der Waals surface area contributed by atoms with Crippen molar-refractivity contribution in [2.45, 2.75) is 20.8 Å². The van der Waals surface area contributed by atoms with Gasteiger partial charge in [0, 0.05) is 11.1 Å². The predicted octanol–water partition coefficient (Wildman–Crippen LogP) is 2.45. The summed E-state index contributed by atoms with van der Waals surface area (Å²) < 4.78 is 5.58. The van der Waals surface area contributed by atoms with E-state index in [2.05, 4.69) is 10.2 Å². The average Bonchev–Trinajstić information content (AvgIpc) is 2.38. The second-order valence-corrected chi connectivity index (χ2v) is 4.08. The summed E-state index contributed by atoms with van der Waals surface area (Å²) in [5.74, 6) is 0.780. The molecule has 1 N–H and O–H groups in total. The van der Waals surface area contributed by atoms with Gasteiger partial charge in [0.15, 0.2) is 0 Å². The second-order valence-electron chi connectivity index (χ2n) is 4.08. The molecule has 94 valence electrons. The molecule has 4 nitrogen and oxygen atoms in total. The minimum Gasteiger partial charge on any atom is -0.493 e. The van der Waals surface area contributed by atoms with Crippen molar-refractivity contribution in [1.29, 1.82) is 0 Å². The Morgan fingerprint density at radius 3 is 2.67 bits per heavy atom. The fourth-order valence-corrected chi connectivity index (χ4v) is 1.83. The molecule has 2 rings (SSSR count). The van der Waals surface area contributed by atoms with Gasteiger partial charge < -0.3 is 4.74 Å². The van der Waals surface area contributed by atoms with Crippen LogP contribution in [0.5, 0.6) is 5.75 Å². The van der Waals surface area contributed by atoms with Crippen LogP contribution in [0.2, 0.25) is 0 Å². The van der Waals surface area contributed by atoms with E-state index in [1.54, 1.807) is 6.92 Å². The summed E-state index contributed by atoms with van der Waals surface area (Å²) in [5.41, 5.74) is 3.08. The van der Waals surface area contributed by atoms with Gasteiger partial charge in [-0.15, -0.1) is 0 Å². The number of hydrogen-bond donors (Lipinski definition) is 1. The van der Waals surface area contributed by atoms with Gasteiger partial charge in [0.05, 0.1) is 12.3 Å². The molecule has 0 saturated heterocycles. The Kier molecular flexibility index (Phi) is 3.46. The third kappa shape index (κ3) is 2.14. The summed E-state index contributed by atoms with van der Waals surface area (Å²) in [5, 5.41) is 6.65. The lowest BCUT2D eigenvalue weighted by atomic mass is 10.0. The number of aromatic amines is 1. The molecule has 1 heterocycles. The van der Waals surface area contributed by atoms with E-state index in [9.17, 15) is 4.79 Å². The molecular weight excluding hydrogens is 228 g/mol. The number of nitrogens with zero attached hydrogens (tertiary/aromatic N) is 1. The van der Waals surface area contributed by atoms with Crippen molar-refractivity contribution >= 4 is 0 Å². The molecule has 2 aromatic rings. The first-order valence-corrected chi connectivity index (χ1v) is 5.93. The Bertz CT molecular complexity index is 617. The van der Waals surface area contributed by atoms with E-state index in [0.717, 1.165) is 22.6 Å². The van der Waals surface area contributed by atoms with Crippen LogP contribution in [0.25, 0.3) is 11.3 Å². The molecule has 4 heteroatoms. The van der Waals surface area contributed by atoms with Crippen LogP contribution in [0, 0.1) is 13.8 Å². The number of ether oxygens (including phenoxy) is 1. The van der Waals surface area contributed by atoms with Gasteiger partial charge in [-0.25, -0.2) is 5.10 Å². The zero-order valence-electron chi connectivity index (χ0n) is 10.8. The number of para-hydroxylation sites is 1. The Labute approximate surface area is 106 Å². The van der Waals surface area contributed by atoms with Crippen molar-refractivity contribution in [3.8, 4) is 17.0 Å². The summed E-state index contributed by atoms with van der Waals surface area (Å²) in [4.78, 5) is 11.5. The van der Waals surface area contributed by atoms with Crippen LogP contribution >= 0.6 is 0 Å². The van der Waals surface area contributed by atoms with Crippen molar-refractivity contribution in [3.63, 3.8) is 0 Å². The lowest BCUT2D eigenvalue weighted by molar-refractivity contribution is 0.341. The van der Waals surface area contributed by atoms with Crippen LogP contribution in [-0.2, 0) is 0 Å². The molecule has 0 aliphatic heterocycles. The second kappa shape index (κ2) is 5.04. The van der Waals surface area contributed by atoms with Gasteiger partial charge >= 0.3 is 0 Å². The average molecular weight is 244 g/mol. The summed E-state index contributed by atoms with van der Waals surface area (Å²) in [6.07, 6.45) is 0. The molecule has 1 aromatic heterocycles. The summed E-state index contributed by atoms with van der Waals surface area (Å²) in [7, 11) is 0. The largest absolute Gasteiger partial charge is 0.493 e. The highest BCUT2D eigenvalue weighted by molar-refractivity contribution is 5.70. The smallest absolute Gasteiger partial charge is 0.267 e. The molecule has 0 radical (unpaired) electrons. The highest BCUT2D eigenvalue weighted by Gasteiger charge is 2.12. The van der Waals surface area contributed by atoms with Crippen molar-refractivity contribution in [1.82, 2.24) is 10.2 Å². The monoisotopic (exact) mass is 244 g/mol. The lowest BCUT2D eigenvalue weighted by Gasteiger charge is -2.11. The molecule has 1 aromatic carbocycles. The maximum absolute atomic E-state index is 11.5. The van der Waals surface area contributed by atoms with Crippen LogP contribution in [0.3, 0.4) is 0 Å². The summed E-state index contributed by atoms with van der Waals surface area (Å²) >= 11 is 0. The maximum atomic E-state index is 11.5. The molecule has 0 fully saturated rings. The fraction of sp³-hybridized carbons (Fsp3) is 0.286. The van der Waals surface area contributed by atoms with E-state index < -0.39 is 0 Å². The van der Waals surface area contributed by atoms with Crippen LogP contribution in [0.15, 0.2) is 29.1 Å². The molecule has 0 spiro atoms. The number of rotatable bonds is 3. The maximum Gasteiger partial charge on any atom is 0.267 e. The highest BCUT2D eigenvalue weighted by atomic mass is 16.5. The third-order valence-corrected chi connectivity index (χ3v) is 2.97. The number of nitrogens with one attached hydrogen (secondary N) is 1. The van der Waals surface area contributed by atoms with E-state index in [4.69, 9.17) is 4.74 Å². The van der Waals surface area contributed by atoms with Crippen molar-refractivity contribution in [2.24, 2.45) is 0 Å². The van der Waals surface area contributed by atoms with Gasteiger partial charge in [-0.2, -0.15) is 5.10 Å². The molecule has 0 aliphatic carbocycles. The van der Waals surface area contributed by atoms with Crippen LogP contribution in [0.1, 0.15) is 18.1 Å². The highest BCUT2D eigenvalue weighted by Crippen LogP contribution is 2.30. The first-order chi connectivity index (χ1) is 8.65. The number of H-pyrrole nitrogens is 1. The van der Waals surface area contributed by atoms with Crippen LogP contribution in [-0.4, -0.2) is 16.8 Å². The molecule has 0 aliphatic rings. The standard InChI is InChI=1S/C14H16N2O2/c1-4-18-12-8-6-5-7-11(12)13-9(2)10(3)14(17)16-15-13/h5-8H,4H2,1-3H3,(H,16,17). The Morgan fingerprint density at radius 2 is 1.94 bits per heavy atom. The van der Waals surface area contributed by atoms with Gasteiger partial charge in [0.1, 0.15) is 5.75 Å². The first-order valence-electron chi connectivity index (χ1n) is 5.93. The topological polar surface area (TPSA) is 55.0 Å². The van der Waals surface area contributed by atoms with E-state index in [0.29, 0.717) is 12.2 Å². The molecular formula is C14H16N2O2. The molecule has 0 atom stereocenters. The number of benzene rings is 1. The van der Waals surface area contributed by atoms with Gasteiger partial charge in [0.2, 0.25) is 0 Å². The first kappa shape index (κ1) is 12.4. The van der Waals surface area contributed by atoms with Crippen molar-refractivity contribution in [2.75, 3.05) is 6.61 Å². The zero-order valence-corrected chi connectivity index (χ0v) is 10.8. The lowest BCUT2D eigenvalue weighted by Crippen LogP contribution is -2.14. The van der Waals surface area contributed by atoms with E-state index in [1.165, 1.54) is 0 Å². The van der Waals surface area contributed by atoms with Crippen LogP contribution < -0.4 is 10.3 Å². The minimum absolute atomic E-state index is 0.148. The normalized spacial score (nSPS) is 10.4. The number of aromatic nitrogens is 2. The van der Waals surface area contributed by atoms with E-state index in [1.807, 2.05) is 38.1 Å². The van der Waals surface area contributed by atoms with E-state index >= 15 is 0 Å². The molecule has 0 bridgehead atoms. The molecule has 0 saturated carbocycles. The number of hydrogen-bond acceptors (Lipinski definition) is 3. The summed E-state index contributed by atoms with van der Waals surface area (Å²) in [6.45, 7) is 6.23. The predicted molar refractivity (Wildman–Crippen MR) is 70.9 cm³/mol. The van der Waals surface area contributed by atoms with Gasteiger partial charge in [-0.1, -0.05) is 12.1 Å². The Balaban J connectivity index is 2.62. The van der Waals surface area contributed by atoms with Crippen LogP contribution in [0.4, 0.5) is 0 Å². The third-order valence-electron chi connectivity index (χ3n) is 2.97. The SMILES string of the molecule is CCOc1ccccc1-c1n[nH]c(=O)c(C)c1C. The van der Waals surface area contributed by atoms with Gasteiger partial charge in [-0.05, 0) is 38.5 Å². The molecule has 0 unspecified atom stereocenters. The Morgan fingerprint density at radius 1 is 1.22 bits per heavy atom. The summed E-state index contributed by atoms with van der Waals surface area (Å²) in [6, 6.07) is 7.69. The van der Waals surface area contributed by atoms with E-state index in [-0.39, 0.29) is 5.56 Å².